The molecule has 0 amide bonds. The van der Waals surface area contributed by atoms with Crippen molar-refractivity contribution in [3.05, 3.63) is 42.5 Å². The van der Waals surface area contributed by atoms with Gasteiger partial charge in [0, 0.05) is 0 Å². The Balaban J connectivity index is 2.14. The van der Waals surface area contributed by atoms with Gasteiger partial charge in [0.15, 0.2) is 0 Å². The second-order valence-corrected chi connectivity index (χ2v) is 4.61. The first-order valence-electron chi connectivity index (χ1n) is 6.69. The van der Waals surface area contributed by atoms with Crippen LogP contribution in [0.15, 0.2) is 42.5 Å². The summed E-state index contributed by atoms with van der Waals surface area (Å²) in [4.78, 5) is 0. The maximum atomic E-state index is 6.02. The SMILES string of the molecule is CCCC(CCN)Oc1ccc2ccccc2c1. The molecule has 0 aliphatic carbocycles. The van der Waals surface area contributed by atoms with Crippen molar-refractivity contribution in [3.8, 4) is 5.75 Å². The number of hydrogen-bond acceptors (Lipinski definition) is 2. The largest absolute Gasteiger partial charge is 0.490 e. The first kappa shape index (κ1) is 12.9. The molecule has 2 heteroatoms. The number of nitrogens with two attached hydrogens (primary N) is 1. The Morgan fingerprint density at radius 1 is 1.06 bits per heavy atom. The second-order valence-electron chi connectivity index (χ2n) is 4.61. The molecule has 0 aromatic heterocycles. The fraction of sp³-hybridized carbons (Fsp3) is 0.375. The number of fused-ring (bicyclic) bond motifs is 1. The number of ether oxygens (including phenoxy) is 1. The first-order chi connectivity index (χ1) is 8.83. The van der Waals surface area contributed by atoms with Gasteiger partial charge in [0.25, 0.3) is 0 Å². The highest BCUT2D eigenvalue weighted by Crippen LogP contribution is 2.22. The van der Waals surface area contributed by atoms with Crippen molar-refractivity contribution >= 4 is 10.8 Å². The van der Waals surface area contributed by atoms with E-state index >= 15 is 0 Å². The quantitative estimate of drug-likeness (QED) is 0.839. The Kier molecular flexibility index (Phi) is 4.59. The minimum Gasteiger partial charge on any atom is -0.490 e. The average molecular weight is 243 g/mol. The Hall–Kier alpha value is -1.54. The van der Waals surface area contributed by atoms with E-state index in [1.807, 2.05) is 6.07 Å². The summed E-state index contributed by atoms with van der Waals surface area (Å²) in [6.45, 7) is 2.85. The normalized spacial score (nSPS) is 12.6. The smallest absolute Gasteiger partial charge is 0.120 e. The van der Waals surface area contributed by atoms with Crippen LogP contribution in [0.1, 0.15) is 26.2 Å². The molecule has 0 saturated carbocycles. The molecular formula is C16H21NO. The molecule has 96 valence electrons. The summed E-state index contributed by atoms with van der Waals surface area (Å²) in [5, 5.41) is 2.47. The summed E-state index contributed by atoms with van der Waals surface area (Å²) in [5.74, 6) is 0.945. The molecule has 0 saturated heterocycles. The van der Waals surface area contributed by atoms with Crippen molar-refractivity contribution in [2.45, 2.75) is 32.3 Å². The molecule has 18 heavy (non-hydrogen) atoms. The minimum absolute atomic E-state index is 0.237. The molecule has 0 radical (unpaired) electrons. The Labute approximate surface area is 109 Å². The van der Waals surface area contributed by atoms with Gasteiger partial charge in [-0.25, -0.2) is 0 Å². The van der Waals surface area contributed by atoms with E-state index in [0.717, 1.165) is 25.0 Å². The lowest BCUT2D eigenvalue weighted by Gasteiger charge is -2.18. The van der Waals surface area contributed by atoms with Gasteiger partial charge in [0.05, 0.1) is 6.10 Å². The maximum Gasteiger partial charge on any atom is 0.120 e. The third-order valence-electron chi connectivity index (χ3n) is 3.12. The minimum atomic E-state index is 0.237. The zero-order valence-electron chi connectivity index (χ0n) is 10.9. The molecule has 0 aliphatic rings. The molecule has 0 bridgehead atoms. The van der Waals surface area contributed by atoms with Crippen LogP contribution in [0.2, 0.25) is 0 Å². The topological polar surface area (TPSA) is 35.2 Å². The molecule has 1 unspecified atom stereocenters. The van der Waals surface area contributed by atoms with Gasteiger partial charge in [-0.2, -0.15) is 0 Å². The van der Waals surface area contributed by atoms with Crippen LogP contribution in [-0.4, -0.2) is 12.6 Å². The van der Waals surface area contributed by atoms with Crippen LogP contribution < -0.4 is 10.5 Å². The van der Waals surface area contributed by atoms with Gasteiger partial charge in [-0.15, -0.1) is 0 Å². The fourth-order valence-electron chi connectivity index (χ4n) is 2.20. The van der Waals surface area contributed by atoms with Crippen molar-refractivity contribution in [2.75, 3.05) is 6.54 Å². The van der Waals surface area contributed by atoms with E-state index in [0.29, 0.717) is 6.54 Å². The van der Waals surface area contributed by atoms with Crippen molar-refractivity contribution in [3.63, 3.8) is 0 Å². The Morgan fingerprint density at radius 2 is 1.83 bits per heavy atom. The highest BCUT2D eigenvalue weighted by Gasteiger charge is 2.08. The van der Waals surface area contributed by atoms with Gasteiger partial charge in [0.1, 0.15) is 5.75 Å². The molecule has 0 heterocycles. The zero-order chi connectivity index (χ0) is 12.8. The number of rotatable bonds is 6. The monoisotopic (exact) mass is 243 g/mol. The van der Waals surface area contributed by atoms with E-state index in [4.69, 9.17) is 10.5 Å². The first-order valence-corrected chi connectivity index (χ1v) is 6.69. The molecule has 1 atom stereocenters. The van der Waals surface area contributed by atoms with Crippen molar-refractivity contribution in [1.29, 1.82) is 0 Å². The van der Waals surface area contributed by atoms with Crippen LogP contribution in [0, 0.1) is 0 Å². The zero-order valence-corrected chi connectivity index (χ0v) is 10.9. The van der Waals surface area contributed by atoms with E-state index in [1.165, 1.54) is 10.8 Å². The van der Waals surface area contributed by atoms with Crippen molar-refractivity contribution < 1.29 is 4.74 Å². The summed E-state index contributed by atoms with van der Waals surface area (Å²) in [7, 11) is 0. The van der Waals surface area contributed by atoms with E-state index in [9.17, 15) is 0 Å². The van der Waals surface area contributed by atoms with Crippen LogP contribution in [0.25, 0.3) is 10.8 Å². The van der Waals surface area contributed by atoms with Crippen LogP contribution in [0.5, 0.6) is 5.75 Å². The van der Waals surface area contributed by atoms with Crippen molar-refractivity contribution in [2.24, 2.45) is 5.73 Å². The Bertz CT molecular complexity index is 489. The third kappa shape index (κ3) is 3.23. The summed E-state index contributed by atoms with van der Waals surface area (Å²) in [6.07, 6.45) is 3.34. The van der Waals surface area contributed by atoms with E-state index in [2.05, 4.69) is 43.3 Å². The summed E-state index contributed by atoms with van der Waals surface area (Å²) < 4.78 is 6.02. The molecule has 2 nitrogen and oxygen atoms in total. The average Bonchev–Trinajstić information content (AvgIpc) is 2.39. The number of benzene rings is 2. The molecule has 2 N–H and O–H groups in total. The lowest BCUT2D eigenvalue weighted by atomic mass is 10.1. The lowest BCUT2D eigenvalue weighted by molar-refractivity contribution is 0.183. The molecule has 2 aromatic rings. The van der Waals surface area contributed by atoms with E-state index in [1.54, 1.807) is 0 Å². The van der Waals surface area contributed by atoms with Crippen LogP contribution in [-0.2, 0) is 0 Å². The predicted molar refractivity (Wildman–Crippen MR) is 76.9 cm³/mol. The summed E-state index contributed by atoms with van der Waals surface area (Å²) in [6, 6.07) is 14.6. The Morgan fingerprint density at radius 3 is 2.56 bits per heavy atom. The standard InChI is InChI=1S/C16H21NO/c1-2-5-15(10-11-17)18-16-9-8-13-6-3-4-7-14(13)12-16/h3-4,6-9,12,15H,2,5,10-11,17H2,1H3. The number of hydrogen-bond donors (Lipinski definition) is 1. The van der Waals surface area contributed by atoms with Crippen molar-refractivity contribution in [1.82, 2.24) is 0 Å². The van der Waals surface area contributed by atoms with Gasteiger partial charge in [-0.3, -0.25) is 0 Å². The van der Waals surface area contributed by atoms with Gasteiger partial charge < -0.3 is 10.5 Å². The van der Waals surface area contributed by atoms with Gasteiger partial charge in [-0.05, 0) is 42.3 Å². The third-order valence-corrected chi connectivity index (χ3v) is 3.12. The van der Waals surface area contributed by atoms with E-state index in [-0.39, 0.29) is 6.10 Å². The van der Waals surface area contributed by atoms with Gasteiger partial charge >= 0.3 is 0 Å². The molecule has 2 rings (SSSR count). The van der Waals surface area contributed by atoms with Crippen LogP contribution >= 0.6 is 0 Å². The van der Waals surface area contributed by atoms with Gasteiger partial charge in [-0.1, -0.05) is 43.7 Å². The molecule has 0 aliphatic heterocycles. The van der Waals surface area contributed by atoms with E-state index < -0.39 is 0 Å². The van der Waals surface area contributed by atoms with Crippen LogP contribution in [0.4, 0.5) is 0 Å². The van der Waals surface area contributed by atoms with Gasteiger partial charge in [0.2, 0.25) is 0 Å². The maximum absolute atomic E-state index is 6.02. The molecule has 0 spiro atoms. The second kappa shape index (κ2) is 6.41. The fourth-order valence-corrected chi connectivity index (χ4v) is 2.20. The van der Waals surface area contributed by atoms with Crippen LogP contribution in [0.3, 0.4) is 0 Å². The molecule has 2 aromatic carbocycles. The highest BCUT2D eigenvalue weighted by molar-refractivity contribution is 5.83. The highest BCUT2D eigenvalue weighted by atomic mass is 16.5. The summed E-state index contributed by atoms with van der Waals surface area (Å²) in [5.41, 5.74) is 5.62. The lowest BCUT2D eigenvalue weighted by Crippen LogP contribution is -2.20. The predicted octanol–water partition coefficient (Wildman–Crippen LogP) is 3.74. The summed E-state index contributed by atoms with van der Waals surface area (Å²) >= 11 is 0. The molecule has 0 fully saturated rings. The molecular weight excluding hydrogens is 222 g/mol.